The van der Waals surface area contributed by atoms with Gasteiger partial charge < -0.3 is 14.2 Å². The van der Waals surface area contributed by atoms with Crippen molar-refractivity contribution in [3.05, 3.63) is 11.3 Å². The molecule has 0 fully saturated rings. The molecule has 0 heterocycles. The van der Waals surface area contributed by atoms with E-state index in [9.17, 15) is 14.4 Å². The van der Waals surface area contributed by atoms with Gasteiger partial charge in [-0.15, -0.1) is 0 Å². The molecule has 6 nitrogen and oxygen atoms in total. The van der Waals surface area contributed by atoms with E-state index >= 15 is 0 Å². The summed E-state index contributed by atoms with van der Waals surface area (Å²) in [7, 11) is 0.279. The number of carbonyl (C=O) groups is 3. The summed E-state index contributed by atoms with van der Waals surface area (Å²) in [5, 5.41) is 0.113. The molecule has 0 N–H and O–H groups in total. The lowest BCUT2D eigenvalue weighted by Crippen LogP contribution is -2.16. The van der Waals surface area contributed by atoms with E-state index in [1.807, 2.05) is 20.8 Å². The van der Waals surface area contributed by atoms with Gasteiger partial charge in [-0.3, -0.25) is 14.4 Å². The Bertz CT molecular complexity index is 380. The van der Waals surface area contributed by atoms with E-state index in [1.165, 1.54) is 0 Å². The Labute approximate surface area is 128 Å². The van der Waals surface area contributed by atoms with Crippen LogP contribution in [-0.4, -0.2) is 28.2 Å². The van der Waals surface area contributed by atoms with Crippen molar-refractivity contribution in [3.63, 3.8) is 0 Å². The largest absolute Gasteiger partial charge is 0.430 e. The van der Waals surface area contributed by atoms with Crippen molar-refractivity contribution < 1.29 is 28.6 Å². The molecule has 0 aliphatic heterocycles. The number of hydrogen-bond donors (Lipinski definition) is 0. The Morgan fingerprint density at radius 2 is 1.05 bits per heavy atom. The van der Waals surface area contributed by atoms with Crippen molar-refractivity contribution in [2.45, 2.75) is 59.3 Å². The molecule has 0 atom stereocenters. The lowest BCUT2D eigenvalue weighted by molar-refractivity contribution is -0.156. The zero-order valence-corrected chi connectivity index (χ0v) is 15.2. The summed E-state index contributed by atoms with van der Waals surface area (Å²) in [6.07, 6.45) is 2.53. The van der Waals surface area contributed by atoms with Crippen LogP contribution in [-0.2, 0) is 28.6 Å². The molecule has 0 bridgehead atoms. The Hall–Kier alpha value is -1.63. The summed E-state index contributed by atoms with van der Waals surface area (Å²) >= 11 is 0. The monoisotopic (exact) mass is 316 g/mol. The Morgan fingerprint density at radius 1 is 0.714 bits per heavy atom. The second-order valence-corrected chi connectivity index (χ2v) is 5.42. The molecule has 7 heteroatoms. The molecular weight excluding hydrogens is 292 g/mol. The topological polar surface area (TPSA) is 78.9 Å². The average Bonchev–Trinajstić information content (AvgIpc) is 2.38. The average molecular weight is 316 g/mol. The molecule has 0 amide bonds. The Balaban J connectivity index is 4.93. The van der Waals surface area contributed by atoms with Crippen LogP contribution in [0.25, 0.3) is 0 Å². The second-order valence-electron chi connectivity index (χ2n) is 4.52. The number of esters is 3. The van der Waals surface area contributed by atoms with Crippen LogP contribution in [0.2, 0.25) is 0 Å². The van der Waals surface area contributed by atoms with Gasteiger partial charge in [-0.25, -0.2) is 0 Å². The van der Waals surface area contributed by atoms with Gasteiger partial charge in [0.2, 0.25) is 0 Å². The standard InChI is InChI=1S/C14H24O6Si/c1-4-7-10(15)18-13(19-11(16)8-5-2)14(21)20-12(17)9-6-3/h4-9H2,1-3,21H3. The van der Waals surface area contributed by atoms with Gasteiger partial charge in [0.05, 0.1) is 10.2 Å². The quantitative estimate of drug-likeness (QED) is 0.364. The van der Waals surface area contributed by atoms with E-state index in [1.54, 1.807) is 0 Å². The van der Waals surface area contributed by atoms with Gasteiger partial charge in [-0.2, -0.15) is 0 Å². The van der Waals surface area contributed by atoms with Gasteiger partial charge in [0.15, 0.2) is 5.38 Å². The van der Waals surface area contributed by atoms with Gasteiger partial charge >= 0.3 is 23.9 Å². The third-order valence-electron chi connectivity index (χ3n) is 2.33. The van der Waals surface area contributed by atoms with Crippen molar-refractivity contribution in [1.29, 1.82) is 0 Å². The minimum absolute atomic E-state index is 0.113. The fraction of sp³-hybridized carbons (Fsp3) is 0.643. The number of carbonyl (C=O) groups excluding carboxylic acids is 3. The third kappa shape index (κ3) is 9.01. The molecule has 0 aromatic carbocycles. The van der Waals surface area contributed by atoms with Crippen LogP contribution < -0.4 is 0 Å². The molecular formula is C14H24O6Si. The highest BCUT2D eigenvalue weighted by Crippen LogP contribution is 2.12. The highest BCUT2D eigenvalue weighted by molar-refractivity contribution is 6.21. The summed E-state index contributed by atoms with van der Waals surface area (Å²) in [5.41, 5.74) is 0. The van der Waals surface area contributed by atoms with Crippen LogP contribution in [0.5, 0.6) is 0 Å². The molecule has 120 valence electrons. The molecule has 21 heavy (non-hydrogen) atoms. The molecule has 0 aromatic heterocycles. The molecule has 0 aliphatic carbocycles. The summed E-state index contributed by atoms with van der Waals surface area (Å²) in [4.78, 5) is 34.5. The normalized spacial score (nSPS) is 9.86. The van der Waals surface area contributed by atoms with Gasteiger partial charge in [-0.1, -0.05) is 20.8 Å². The summed E-state index contributed by atoms with van der Waals surface area (Å²) < 4.78 is 15.1. The first kappa shape index (κ1) is 19.4. The molecule has 0 unspecified atom stereocenters. The van der Waals surface area contributed by atoms with Crippen molar-refractivity contribution >= 4 is 28.2 Å². The van der Waals surface area contributed by atoms with Crippen LogP contribution in [0, 0.1) is 0 Å². The summed E-state index contributed by atoms with van der Waals surface area (Å²) in [6.45, 7) is 5.51. The number of ether oxygens (including phenoxy) is 3. The lowest BCUT2D eigenvalue weighted by atomic mass is 10.3. The van der Waals surface area contributed by atoms with E-state index in [-0.39, 0.29) is 40.8 Å². The van der Waals surface area contributed by atoms with Crippen molar-refractivity contribution in [3.8, 4) is 0 Å². The molecule has 0 aromatic rings. The van der Waals surface area contributed by atoms with Crippen LogP contribution in [0.1, 0.15) is 59.3 Å². The molecule has 0 aliphatic rings. The van der Waals surface area contributed by atoms with Crippen molar-refractivity contribution in [1.82, 2.24) is 0 Å². The minimum Gasteiger partial charge on any atom is -0.430 e. The molecule has 0 saturated heterocycles. The highest BCUT2D eigenvalue weighted by Gasteiger charge is 2.18. The van der Waals surface area contributed by atoms with Crippen LogP contribution in [0.15, 0.2) is 11.3 Å². The van der Waals surface area contributed by atoms with Gasteiger partial charge in [0.1, 0.15) is 0 Å². The smallest absolute Gasteiger partial charge is 0.328 e. The summed E-state index contributed by atoms with van der Waals surface area (Å²) in [5.74, 6) is -1.76. The minimum atomic E-state index is -0.517. The fourth-order valence-corrected chi connectivity index (χ4v) is 1.78. The maximum absolute atomic E-state index is 11.5. The SMILES string of the molecule is CCCC(=O)OC([SiH3])=C(OC(=O)CCC)OC(=O)CCC. The van der Waals surface area contributed by atoms with Crippen molar-refractivity contribution in [2.75, 3.05) is 0 Å². The van der Waals surface area contributed by atoms with Crippen molar-refractivity contribution in [2.24, 2.45) is 0 Å². The van der Waals surface area contributed by atoms with E-state index in [0.29, 0.717) is 19.3 Å². The van der Waals surface area contributed by atoms with Crippen LogP contribution >= 0.6 is 0 Å². The van der Waals surface area contributed by atoms with E-state index in [2.05, 4.69) is 0 Å². The molecule has 0 spiro atoms. The predicted octanol–water partition coefficient (Wildman–Crippen LogP) is 1.51. The van der Waals surface area contributed by atoms with Crippen LogP contribution in [0.3, 0.4) is 0 Å². The van der Waals surface area contributed by atoms with Gasteiger partial charge in [0.25, 0.3) is 0 Å². The third-order valence-corrected chi connectivity index (χ3v) is 2.94. The first-order chi connectivity index (χ1) is 9.94. The maximum atomic E-state index is 11.5. The maximum Gasteiger partial charge on any atom is 0.328 e. The Kier molecular flexibility index (Phi) is 10.2. The van der Waals surface area contributed by atoms with E-state index < -0.39 is 17.9 Å². The number of rotatable bonds is 9. The lowest BCUT2D eigenvalue weighted by Gasteiger charge is -2.12. The number of hydrogen-bond acceptors (Lipinski definition) is 6. The van der Waals surface area contributed by atoms with E-state index in [4.69, 9.17) is 14.2 Å². The zero-order valence-electron chi connectivity index (χ0n) is 13.2. The first-order valence-electron chi connectivity index (χ1n) is 7.27. The fourth-order valence-electron chi connectivity index (χ4n) is 1.35. The molecule has 0 radical (unpaired) electrons. The predicted molar refractivity (Wildman–Crippen MR) is 80.0 cm³/mol. The van der Waals surface area contributed by atoms with Gasteiger partial charge in [-0.05, 0) is 19.3 Å². The van der Waals surface area contributed by atoms with Crippen LogP contribution in [0.4, 0.5) is 0 Å². The second kappa shape index (κ2) is 11.1. The Morgan fingerprint density at radius 3 is 1.38 bits per heavy atom. The first-order valence-corrected chi connectivity index (χ1v) is 8.27. The summed E-state index contributed by atoms with van der Waals surface area (Å²) in [6, 6.07) is 0. The highest BCUT2D eigenvalue weighted by atomic mass is 28.1. The zero-order chi connectivity index (χ0) is 16.3. The van der Waals surface area contributed by atoms with Gasteiger partial charge in [0, 0.05) is 19.3 Å². The molecule has 0 saturated carbocycles. The molecule has 0 rings (SSSR count). The van der Waals surface area contributed by atoms with E-state index in [0.717, 1.165) is 0 Å².